The molecule has 1 heterocycles. The Labute approximate surface area is 125 Å². The molecule has 0 aromatic heterocycles. The molecule has 1 aromatic rings. The third kappa shape index (κ3) is 5.12. The van der Waals surface area contributed by atoms with Crippen molar-refractivity contribution in [1.82, 2.24) is 10.2 Å². The molecule has 1 aromatic carbocycles. The summed E-state index contributed by atoms with van der Waals surface area (Å²) < 4.78 is 5.32. The van der Waals surface area contributed by atoms with E-state index in [2.05, 4.69) is 17.1 Å². The first-order valence-electron chi connectivity index (χ1n) is 7.46. The summed E-state index contributed by atoms with van der Waals surface area (Å²) in [6.45, 7) is 5.90. The molecular formula is C16H24N2O3. The number of morpholine rings is 1. The van der Waals surface area contributed by atoms with Crippen LogP contribution in [0.15, 0.2) is 24.3 Å². The number of carbonyl (C=O) groups excluding carboxylic acids is 1. The fourth-order valence-corrected chi connectivity index (χ4v) is 2.53. The second kappa shape index (κ2) is 8.12. The van der Waals surface area contributed by atoms with E-state index >= 15 is 0 Å². The molecule has 0 spiro atoms. The first kappa shape index (κ1) is 15.9. The minimum Gasteiger partial charge on any atom is -0.392 e. The SMILES string of the molecule is C[C@@H](CC(=O)NCc1cccc(CO)c1)N1CCOCC1. The Morgan fingerprint density at radius 3 is 2.81 bits per heavy atom. The standard InChI is InChI=1S/C16H24N2O3/c1-13(18-5-7-21-8-6-18)9-16(20)17-11-14-3-2-4-15(10-14)12-19/h2-4,10,13,19H,5-9,11-12H2,1H3,(H,17,20)/t13-/m0/s1. The normalized spacial score (nSPS) is 17.4. The molecule has 1 aliphatic rings. The third-order valence-electron chi connectivity index (χ3n) is 3.81. The minimum atomic E-state index is 0.0237. The molecule has 1 aliphatic heterocycles. The van der Waals surface area contributed by atoms with Crippen molar-refractivity contribution in [3.05, 3.63) is 35.4 Å². The number of hydrogen-bond acceptors (Lipinski definition) is 4. The van der Waals surface area contributed by atoms with Gasteiger partial charge in [-0.3, -0.25) is 9.69 Å². The summed E-state index contributed by atoms with van der Waals surface area (Å²) in [7, 11) is 0. The van der Waals surface area contributed by atoms with Crippen LogP contribution in [0.4, 0.5) is 0 Å². The van der Waals surface area contributed by atoms with E-state index in [9.17, 15) is 4.79 Å². The Kier molecular flexibility index (Phi) is 6.17. The van der Waals surface area contributed by atoms with Gasteiger partial charge in [0.1, 0.15) is 0 Å². The van der Waals surface area contributed by atoms with Crippen LogP contribution in [0.25, 0.3) is 0 Å². The number of aliphatic hydroxyl groups is 1. The number of nitrogens with one attached hydrogen (secondary N) is 1. The van der Waals surface area contributed by atoms with Crippen molar-refractivity contribution in [2.75, 3.05) is 26.3 Å². The highest BCUT2D eigenvalue weighted by Crippen LogP contribution is 2.08. The van der Waals surface area contributed by atoms with Crippen molar-refractivity contribution in [2.24, 2.45) is 0 Å². The molecule has 1 amide bonds. The molecule has 0 saturated carbocycles. The second-order valence-corrected chi connectivity index (χ2v) is 5.46. The Morgan fingerprint density at radius 1 is 1.38 bits per heavy atom. The van der Waals surface area contributed by atoms with Crippen LogP contribution in [-0.4, -0.2) is 48.3 Å². The number of ether oxygens (including phenoxy) is 1. The van der Waals surface area contributed by atoms with E-state index in [0.29, 0.717) is 13.0 Å². The highest BCUT2D eigenvalue weighted by Gasteiger charge is 2.19. The van der Waals surface area contributed by atoms with Gasteiger partial charge < -0.3 is 15.2 Å². The zero-order chi connectivity index (χ0) is 15.1. The molecule has 5 heteroatoms. The number of rotatable bonds is 6. The summed E-state index contributed by atoms with van der Waals surface area (Å²) in [4.78, 5) is 14.3. The van der Waals surface area contributed by atoms with Gasteiger partial charge in [-0.25, -0.2) is 0 Å². The highest BCUT2D eigenvalue weighted by atomic mass is 16.5. The van der Waals surface area contributed by atoms with Crippen molar-refractivity contribution in [3.8, 4) is 0 Å². The van der Waals surface area contributed by atoms with Crippen molar-refractivity contribution in [3.63, 3.8) is 0 Å². The van der Waals surface area contributed by atoms with Crippen molar-refractivity contribution in [2.45, 2.75) is 32.5 Å². The molecule has 0 aliphatic carbocycles. The van der Waals surface area contributed by atoms with E-state index in [1.54, 1.807) is 0 Å². The van der Waals surface area contributed by atoms with E-state index < -0.39 is 0 Å². The molecule has 0 bridgehead atoms. The Balaban J connectivity index is 1.75. The lowest BCUT2D eigenvalue weighted by Crippen LogP contribution is -2.44. The molecule has 2 rings (SSSR count). The minimum absolute atomic E-state index is 0.0237. The zero-order valence-electron chi connectivity index (χ0n) is 12.5. The molecule has 0 radical (unpaired) electrons. The van der Waals surface area contributed by atoms with Crippen LogP contribution in [0.3, 0.4) is 0 Å². The van der Waals surface area contributed by atoms with Gasteiger partial charge in [0.2, 0.25) is 5.91 Å². The van der Waals surface area contributed by atoms with Crippen LogP contribution in [-0.2, 0) is 22.7 Å². The van der Waals surface area contributed by atoms with Gasteiger partial charge >= 0.3 is 0 Å². The lowest BCUT2D eigenvalue weighted by Gasteiger charge is -2.31. The lowest BCUT2D eigenvalue weighted by molar-refractivity contribution is -0.122. The summed E-state index contributed by atoms with van der Waals surface area (Å²) in [5, 5.41) is 12.0. The Hall–Kier alpha value is -1.43. The average molecular weight is 292 g/mol. The van der Waals surface area contributed by atoms with Gasteiger partial charge in [0, 0.05) is 32.1 Å². The summed E-state index contributed by atoms with van der Waals surface area (Å²) in [5.74, 6) is 0.0587. The molecule has 5 nitrogen and oxygen atoms in total. The molecule has 116 valence electrons. The van der Waals surface area contributed by atoms with Gasteiger partial charge in [-0.2, -0.15) is 0 Å². The third-order valence-corrected chi connectivity index (χ3v) is 3.81. The van der Waals surface area contributed by atoms with Crippen LogP contribution in [0.5, 0.6) is 0 Å². The van der Waals surface area contributed by atoms with Gasteiger partial charge in [0.25, 0.3) is 0 Å². The van der Waals surface area contributed by atoms with Crippen molar-refractivity contribution >= 4 is 5.91 Å². The maximum atomic E-state index is 12.0. The van der Waals surface area contributed by atoms with E-state index in [-0.39, 0.29) is 18.6 Å². The van der Waals surface area contributed by atoms with Crippen LogP contribution >= 0.6 is 0 Å². The summed E-state index contributed by atoms with van der Waals surface area (Å²) in [6, 6.07) is 7.85. The topological polar surface area (TPSA) is 61.8 Å². The number of aliphatic hydroxyl groups excluding tert-OH is 1. The van der Waals surface area contributed by atoms with Gasteiger partial charge in [0.15, 0.2) is 0 Å². The van der Waals surface area contributed by atoms with Crippen molar-refractivity contribution in [1.29, 1.82) is 0 Å². The number of amides is 1. The summed E-state index contributed by atoms with van der Waals surface area (Å²) >= 11 is 0. The zero-order valence-corrected chi connectivity index (χ0v) is 12.5. The Morgan fingerprint density at radius 2 is 2.10 bits per heavy atom. The fourth-order valence-electron chi connectivity index (χ4n) is 2.53. The predicted octanol–water partition coefficient (Wildman–Crippen LogP) is 0.906. The van der Waals surface area contributed by atoms with Crippen molar-refractivity contribution < 1.29 is 14.6 Å². The van der Waals surface area contributed by atoms with E-state index in [4.69, 9.17) is 9.84 Å². The van der Waals surface area contributed by atoms with Gasteiger partial charge in [0.05, 0.1) is 19.8 Å². The molecule has 21 heavy (non-hydrogen) atoms. The Bertz CT molecular complexity index is 459. The number of carbonyl (C=O) groups is 1. The van der Waals surface area contributed by atoms with Crippen LogP contribution in [0, 0.1) is 0 Å². The monoisotopic (exact) mass is 292 g/mol. The van der Waals surface area contributed by atoms with E-state index in [0.717, 1.165) is 37.4 Å². The van der Waals surface area contributed by atoms with Crippen LogP contribution < -0.4 is 5.32 Å². The lowest BCUT2D eigenvalue weighted by atomic mass is 10.1. The number of benzene rings is 1. The summed E-state index contributed by atoms with van der Waals surface area (Å²) in [6.07, 6.45) is 0.500. The smallest absolute Gasteiger partial charge is 0.221 e. The molecular weight excluding hydrogens is 268 g/mol. The second-order valence-electron chi connectivity index (χ2n) is 5.46. The maximum absolute atomic E-state index is 12.0. The van der Waals surface area contributed by atoms with E-state index in [1.165, 1.54) is 0 Å². The molecule has 1 atom stereocenters. The van der Waals surface area contributed by atoms with E-state index in [1.807, 2.05) is 24.3 Å². The first-order chi connectivity index (χ1) is 10.2. The van der Waals surface area contributed by atoms with Crippen LogP contribution in [0.2, 0.25) is 0 Å². The molecule has 2 N–H and O–H groups in total. The molecule has 1 saturated heterocycles. The quantitative estimate of drug-likeness (QED) is 0.818. The average Bonchev–Trinajstić information content (AvgIpc) is 2.54. The fraction of sp³-hybridized carbons (Fsp3) is 0.562. The van der Waals surface area contributed by atoms with Gasteiger partial charge in [-0.1, -0.05) is 24.3 Å². The predicted molar refractivity (Wildman–Crippen MR) is 80.7 cm³/mol. The molecule has 0 unspecified atom stereocenters. The highest BCUT2D eigenvalue weighted by molar-refractivity contribution is 5.76. The summed E-state index contributed by atoms with van der Waals surface area (Å²) in [5.41, 5.74) is 1.87. The molecule has 1 fully saturated rings. The van der Waals surface area contributed by atoms with Gasteiger partial charge in [-0.15, -0.1) is 0 Å². The van der Waals surface area contributed by atoms with Crippen LogP contribution in [0.1, 0.15) is 24.5 Å². The number of hydrogen-bond donors (Lipinski definition) is 2. The maximum Gasteiger partial charge on any atom is 0.221 e. The largest absolute Gasteiger partial charge is 0.392 e. The van der Waals surface area contributed by atoms with Gasteiger partial charge in [-0.05, 0) is 18.1 Å². The first-order valence-corrected chi connectivity index (χ1v) is 7.46. The number of nitrogens with zero attached hydrogens (tertiary/aromatic N) is 1.